The molecule has 8 nitrogen and oxygen atoms in total. The molecule has 6 atom stereocenters. The summed E-state index contributed by atoms with van der Waals surface area (Å²) in [6.45, 7) is 0. The molecule has 3 unspecified atom stereocenters. The Bertz CT molecular complexity index is 1140. The molecule has 1 saturated heterocycles. The molecule has 32 heavy (non-hydrogen) atoms. The van der Waals surface area contributed by atoms with Crippen molar-refractivity contribution in [3.05, 3.63) is 54.4 Å². The molecule has 2 fully saturated rings. The largest absolute Gasteiger partial charge is 0.387 e. The Morgan fingerprint density at radius 1 is 1.12 bits per heavy atom. The van der Waals surface area contributed by atoms with Crippen LogP contribution in [0.25, 0.3) is 17.2 Å². The van der Waals surface area contributed by atoms with Crippen LogP contribution in [0.5, 0.6) is 0 Å². The van der Waals surface area contributed by atoms with E-state index < -0.39 is 36.5 Å². The topological polar surface area (TPSA) is 105 Å². The van der Waals surface area contributed by atoms with Gasteiger partial charge in [-0.25, -0.2) is 23.7 Å². The number of halogens is 2. The Balaban J connectivity index is 1.38. The van der Waals surface area contributed by atoms with Gasteiger partial charge in [0.05, 0.1) is 6.33 Å². The van der Waals surface area contributed by atoms with Crippen LogP contribution in [0.2, 0.25) is 0 Å². The molecule has 2 aliphatic rings. The number of nitrogens with one attached hydrogen (secondary N) is 1. The smallest absolute Gasteiger partial charge is 0.167 e. The van der Waals surface area contributed by atoms with Crippen LogP contribution in [0, 0.1) is 5.82 Å². The third-order valence-electron chi connectivity index (χ3n) is 5.99. The Labute approximate surface area is 182 Å². The molecule has 5 rings (SSSR count). The van der Waals surface area contributed by atoms with Gasteiger partial charge in [0.2, 0.25) is 0 Å². The fourth-order valence-corrected chi connectivity index (χ4v) is 4.28. The summed E-state index contributed by atoms with van der Waals surface area (Å²) in [6.07, 6.45) is 2.38. The second-order valence-corrected chi connectivity index (χ2v) is 8.15. The number of hydrogen-bond acceptors (Lipinski definition) is 7. The summed E-state index contributed by atoms with van der Waals surface area (Å²) in [5.74, 6) is 0.0869. The molecule has 1 aromatic carbocycles. The van der Waals surface area contributed by atoms with E-state index in [1.165, 1.54) is 35.4 Å². The lowest BCUT2D eigenvalue weighted by atomic mass is 10.1. The van der Waals surface area contributed by atoms with Gasteiger partial charge >= 0.3 is 0 Å². The summed E-state index contributed by atoms with van der Waals surface area (Å²) < 4.78 is 34.8. The molecule has 2 aromatic heterocycles. The Hall–Kier alpha value is -2.95. The SMILES string of the molecule is O[C@@H]1[C@H](O)C(C=Cc2ccccc2F)O[C@H]1n1cnc2c(NC3CCC(F)C3)ncnc21. The van der Waals surface area contributed by atoms with Gasteiger partial charge in [-0.15, -0.1) is 0 Å². The molecule has 1 saturated carbocycles. The normalized spacial score (nSPS) is 30.5. The number of nitrogens with zero attached hydrogens (tertiary/aromatic N) is 4. The zero-order valence-electron chi connectivity index (χ0n) is 17.1. The zero-order valence-corrected chi connectivity index (χ0v) is 17.1. The molecule has 1 aliphatic heterocycles. The molecule has 3 N–H and O–H groups in total. The van der Waals surface area contributed by atoms with E-state index in [1.807, 2.05) is 0 Å². The second-order valence-electron chi connectivity index (χ2n) is 8.15. The summed E-state index contributed by atoms with van der Waals surface area (Å²) in [4.78, 5) is 12.9. The number of imidazole rings is 1. The minimum atomic E-state index is -1.25. The summed E-state index contributed by atoms with van der Waals surface area (Å²) in [5.41, 5.74) is 1.22. The first-order valence-electron chi connectivity index (χ1n) is 10.5. The fraction of sp³-hybridized carbons (Fsp3) is 0.409. The third-order valence-corrected chi connectivity index (χ3v) is 5.99. The molecule has 0 bridgehead atoms. The summed E-state index contributed by atoms with van der Waals surface area (Å²) in [5, 5.41) is 24.3. The number of rotatable bonds is 5. The van der Waals surface area contributed by atoms with E-state index in [0.29, 0.717) is 41.8 Å². The number of aromatic nitrogens is 4. The van der Waals surface area contributed by atoms with E-state index in [0.717, 1.165) is 0 Å². The van der Waals surface area contributed by atoms with Gasteiger partial charge < -0.3 is 20.3 Å². The van der Waals surface area contributed by atoms with Crippen molar-refractivity contribution in [2.45, 2.75) is 56.0 Å². The molecule has 0 spiro atoms. The second kappa shape index (κ2) is 8.53. The highest BCUT2D eigenvalue weighted by Gasteiger charge is 2.43. The maximum atomic E-state index is 13.9. The number of anilines is 1. The van der Waals surface area contributed by atoms with Crippen LogP contribution in [-0.4, -0.2) is 60.3 Å². The third kappa shape index (κ3) is 3.85. The first kappa shape index (κ1) is 20.9. The van der Waals surface area contributed by atoms with Gasteiger partial charge in [-0.05, 0) is 25.3 Å². The lowest BCUT2D eigenvalue weighted by Crippen LogP contribution is -2.30. The first-order chi connectivity index (χ1) is 15.5. The molecular formula is C22H23F2N5O3. The predicted octanol–water partition coefficient (Wildman–Crippen LogP) is 2.60. The van der Waals surface area contributed by atoms with Gasteiger partial charge in [0.25, 0.3) is 0 Å². The van der Waals surface area contributed by atoms with Crippen LogP contribution in [0.3, 0.4) is 0 Å². The maximum Gasteiger partial charge on any atom is 0.167 e. The number of hydrogen-bond donors (Lipinski definition) is 3. The van der Waals surface area contributed by atoms with E-state index in [9.17, 15) is 19.0 Å². The number of benzene rings is 1. The van der Waals surface area contributed by atoms with Gasteiger partial charge in [-0.1, -0.05) is 30.4 Å². The number of fused-ring (bicyclic) bond motifs is 1. The zero-order chi connectivity index (χ0) is 22.2. The standard InChI is InChI=1S/C22H23F2N5O3/c23-13-6-7-14(9-13)28-20-17-21(26-10-25-20)29(11-27-17)22-19(31)18(30)16(32-22)8-5-12-3-1-2-4-15(12)24/h1-5,8,10-11,13-14,16,18-19,22,30-31H,6-7,9H2,(H,25,26,28)/t13?,14?,16?,18-,19-,22-/m1/s1. The van der Waals surface area contributed by atoms with Crippen molar-refractivity contribution in [2.75, 3.05) is 5.32 Å². The first-order valence-corrected chi connectivity index (χ1v) is 10.5. The van der Waals surface area contributed by atoms with Gasteiger partial charge in [0.15, 0.2) is 23.2 Å². The Morgan fingerprint density at radius 2 is 1.97 bits per heavy atom. The van der Waals surface area contributed by atoms with Gasteiger partial charge in [-0.3, -0.25) is 4.57 Å². The highest BCUT2D eigenvalue weighted by atomic mass is 19.1. The minimum absolute atomic E-state index is 0.0312. The van der Waals surface area contributed by atoms with Crippen molar-refractivity contribution in [2.24, 2.45) is 0 Å². The van der Waals surface area contributed by atoms with Gasteiger partial charge in [0, 0.05) is 11.6 Å². The van der Waals surface area contributed by atoms with Gasteiger partial charge in [0.1, 0.15) is 36.6 Å². The summed E-state index contributed by atoms with van der Waals surface area (Å²) in [6, 6.07) is 6.20. The van der Waals surface area contributed by atoms with Crippen LogP contribution in [-0.2, 0) is 4.74 Å². The van der Waals surface area contributed by atoms with Crippen LogP contribution in [0.4, 0.5) is 14.6 Å². The van der Waals surface area contributed by atoms with Crippen LogP contribution in [0.15, 0.2) is 43.0 Å². The summed E-state index contributed by atoms with van der Waals surface area (Å²) >= 11 is 0. The van der Waals surface area contributed by atoms with Crippen molar-refractivity contribution in [3.63, 3.8) is 0 Å². The van der Waals surface area contributed by atoms with Crippen molar-refractivity contribution < 1.29 is 23.7 Å². The molecule has 168 valence electrons. The summed E-state index contributed by atoms with van der Waals surface area (Å²) in [7, 11) is 0. The molecule has 1 aliphatic carbocycles. The highest BCUT2D eigenvalue weighted by molar-refractivity contribution is 5.82. The van der Waals surface area contributed by atoms with Crippen LogP contribution in [0.1, 0.15) is 31.1 Å². The lowest BCUT2D eigenvalue weighted by molar-refractivity contribution is -0.0243. The molecule has 0 radical (unpaired) electrons. The number of ether oxygens (including phenoxy) is 1. The Kier molecular flexibility index (Phi) is 5.58. The average Bonchev–Trinajstić information content (AvgIpc) is 3.47. The van der Waals surface area contributed by atoms with Crippen LogP contribution >= 0.6 is 0 Å². The van der Waals surface area contributed by atoms with E-state index in [-0.39, 0.29) is 6.04 Å². The van der Waals surface area contributed by atoms with Crippen LogP contribution < -0.4 is 5.32 Å². The number of aliphatic hydroxyl groups is 2. The Morgan fingerprint density at radius 3 is 2.75 bits per heavy atom. The molecule has 3 aromatic rings. The number of aliphatic hydroxyl groups excluding tert-OH is 2. The van der Waals surface area contributed by atoms with Crippen molar-refractivity contribution in [1.82, 2.24) is 19.5 Å². The van der Waals surface area contributed by atoms with Gasteiger partial charge in [-0.2, -0.15) is 0 Å². The highest BCUT2D eigenvalue weighted by Crippen LogP contribution is 2.34. The molecular weight excluding hydrogens is 420 g/mol. The van der Waals surface area contributed by atoms with E-state index in [4.69, 9.17) is 4.74 Å². The lowest BCUT2D eigenvalue weighted by Gasteiger charge is -2.17. The van der Waals surface area contributed by atoms with E-state index in [2.05, 4.69) is 20.3 Å². The quantitative estimate of drug-likeness (QED) is 0.557. The van der Waals surface area contributed by atoms with E-state index in [1.54, 1.807) is 18.2 Å². The minimum Gasteiger partial charge on any atom is -0.387 e. The van der Waals surface area contributed by atoms with Crippen molar-refractivity contribution >= 4 is 23.1 Å². The van der Waals surface area contributed by atoms with Crippen molar-refractivity contribution in [3.8, 4) is 0 Å². The monoisotopic (exact) mass is 443 g/mol. The molecule has 3 heterocycles. The molecule has 10 heteroatoms. The average molecular weight is 443 g/mol. The predicted molar refractivity (Wildman–Crippen MR) is 113 cm³/mol. The van der Waals surface area contributed by atoms with Crippen molar-refractivity contribution in [1.29, 1.82) is 0 Å². The van der Waals surface area contributed by atoms with E-state index >= 15 is 0 Å². The maximum absolute atomic E-state index is 13.9. The number of alkyl halides is 1. The fourth-order valence-electron chi connectivity index (χ4n) is 4.28. The molecule has 0 amide bonds.